The maximum atomic E-state index is 2.40. The van der Waals surface area contributed by atoms with Gasteiger partial charge in [-0.3, -0.25) is 0 Å². The van der Waals surface area contributed by atoms with Crippen LogP contribution in [0.2, 0.25) is 0 Å². The Kier molecular flexibility index (Phi) is 5.15. The highest BCUT2D eigenvalue weighted by Crippen LogP contribution is 2.56. The first-order valence-corrected chi connectivity index (χ1v) is 15.3. The second-order valence-electron chi connectivity index (χ2n) is 11.3. The lowest BCUT2D eigenvalue weighted by atomic mass is 9.67. The molecule has 0 amide bonds. The average Bonchev–Trinajstić information content (AvgIpc) is 3.36. The van der Waals surface area contributed by atoms with Crippen molar-refractivity contribution in [1.82, 2.24) is 0 Å². The van der Waals surface area contributed by atoms with Crippen LogP contribution in [0.3, 0.4) is 0 Å². The Morgan fingerprint density at radius 2 is 0.976 bits per heavy atom. The molecule has 7 aromatic rings. The Labute approximate surface area is 250 Å². The first-order chi connectivity index (χ1) is 20.8. The third kappa shape index (κ3) is 3.26. The van der Waals surface area contributed by atoms with Gasteiger partial charge in [-0.25, -0.2) is 0 Å². The monoisotopic (exact) mass is 550 g/mol. The summed E-state index contributed by atoms with van der Waals surface area (Å²) in [4.78, 5) is 2.67. The summed E-state index contributed by atoms with van der Waals surface area (Å²) in [5, 5.41) is 2.66. The van der Waals surface area contributed by atoms with Crippen LogP contribution in [0.15, 0.2) is 168 Å². The second kappa shape index (κ2) is 9.08. The van der Waals surface area contributed by atoms with Crippen molar-refractivity contribution in [2.24, 2.45) is 0 Å². The van der Waals surface area contributed by atoms with Gasteiger partial charge in [-0.05, 0) is 85.3 Å². The number of hydrogen-bond donors (Lipinski definition) is 0. The summed E-state index contributed by atoms with van der Waals surface area (Å²) >= 11 is 1.88. The zero-order chi connectivity index (χ0) is 27.7. The van der Waals surface area contributed by atoms with Crippen LogP contribution in [0, 0.1) is 0 Å². The van der Waals surface area contributed by atoms with Gasteiger partial charge in [-0.15, -0.1) is 0 Å². The molecule has 0 aromatic heterocycles. The van der Waals surface area contributed by atoms with Crippen LogP contribution in [-0.2, 0) is 5.41 Å². The van der Waals surface area contributed by atoms with Crippen LogP contribution in [0.25, 0.3) is 44.2 Å². The maximum Gasteiger partial charge on any atom is 0.0713 e. The molecule has 0 fully saturated rings. The fraction of sp³-hybridized carbons (Fsp3) is 0.0244. The number of fused-ring (bicyclic) bond motifs is 5. The lowest BCUT2D eigenvalue weighted by Crippen LogP contribution is -2.28. The molecule has 42 heavy (non-hydrogen) atoms. The van der Waals surface area contributed by atoms with E-state index in [9.17, 15) is 0 Å². The van der Waals surface area contributed by atoms with E-state index in [2.05, 4.69) is 158 Å². The van der Waals surface area contributed by atoms with Gasteiger partial charge in [-0.1, -0.05) is 145 Å². The molecule has 2 aliphatic rings. The molecule has 0 nitrogen and oxygen atoms in total. The number of benzene rings is 7. The topological polar surface area (TPSA) is 0 Å². The Bertz CT molecular complexity index is 2110. The van der Waals surface area contributed by atoms with Crippen LogP contribution in [0.1, 0.15) is 22.3 Å². The first-order valence-electron chi connectivity index (χ1n) is 14.5. The first kappa shape index (κ1) is 23.8. The van der Waals surface area contributed by atoms with E-state index in [-0.39, 0.29) is 5.41 Å². The fourth-order valence-corrected chi connectivity index (χ4v) is 8.53. The third-order valence-electron chi connectivity index (χ3n) is 9.15. The quantitative estimate of drug-likeness (QED) is 0.211. The van der Waals surface area contributed by atoms with Crippen LogP contribution in [0.4, 0.5) is 0 Å². The van der Waals surface area contributed by atoms with Gasteiger partial charge in [0.25, 0.3) is 0 Å². The molecule has 7 aromatic carbocycles. The van der Waals surface area contributed by atoms with Crippen LogP contribution < -0.4 is 0 Å². The minimum atomic E-state index is -0.368. The Morgan fingerprint density at radius 3 is 1.71 bits per heavy atom. The maximum absolute atomic E-state index is 2.40. The van der Waals surface area contributed by atoms with E-state index in [0.29, 0.717) is 0 Å². The molecule has 1 heteroatoms. The molecule has 1 aliphatic carbocycles. The van der Waals surface area contributed by atoms with Crippen molar-refractivity contribution in [1.29, 1.82) is 0 Å². The smallest absolute Gasteiger partial charge is 0.0713 e. The second-order valence-corrected chi connectivity index (χ2v) is 12.3. The lowest BCUT2D eigenvalue weighted by Gasteiger charge is -2.34. The Balaban J connectivity index is 1.25. The molecule has 0 spiro atoms. The van der Waals surface area contributed by atoms with E-state index in [0.717, 1.165) is 0 Å². The van der Waals surface area contributed by atoms with E-state index in [1.165, 1.54) is 76.2 Å². The van der Waals surface area contributed by atoms with E-state index >= 15 is 0 Å². The van der Waals surface area contributed by atoms with Gasteiger partial charge in [0.05, 0.1) is 5.41 Å². The highest BCUT2D eigenvalue weighted by molar-refractivity contribution is 7.99. The molecule has 196 valence electrons. The van der Waals surface area contributed by atoms with Crippen molar-refractivity contribution in [3.63, 3.8) is 0 Å². The highest BCUT2D eigenvalue weighted by Gasteiger charge is 2.45. The zero-order valence-corrected chi connectivity index (χ0v) is 23.7. The average molecular weight is 551 g/mol. The molecular formula is C41H26S. The van der Waals surface area contributed by atoms with E-state index in [4.69, 9.17) is 0 Å². The minimum absolute atomic E-state index is 0.368. The van der Waals surface area contributed by atoms with E-state index in [1.54, 1.807) is 0 Å². The van der Waals surface area contributed by atoms with Gasteiger partial charge in [0.1, 0.15) is 0 Å². The molecule has 0 radical (unpaired) electrons. The summed E-state index contributed by atoms with van der Waals surface area (Å²) in [7, 11) is 0. The van der Waals surface area contributed by atoms with Crippen molar-refractivity contribution in [3.8, 4) is 33.4 Å². The summed E-state index contributed by atoms with van der Waals surface area (Å²) in [6.45, 7) is 0. The molecule has 9 rings (SSSR count). The van der Waals surface area contributed by atoms with Gasteiger partial charge in [-0.2, -0.15) is 0 Å². The molecule has 0 saturated carbocycles. The summed E-state index contributed by atoms with van der Waals surface area (Å²) in [6, 6.07) is 58.5. The number of rotatable bonds is 3. The predicted molar refractivity (Wildman–Crippen MR) is 176 cm³/mol. The molecule has 0 atom stereocenters. The van der Waals surface area contributed by atoms with Gasteiger partial charge >= 0.3 is 0 Å². The van der Waals surface area contributed by atoms with Crippen molar-refractivity contribution in [2.45, 2.75) is 15.2 Å². The summed E-state index contributed by atoms with van der Waals surface area (Å²) in [5.41, 5.74) is 12.7. The van der Waals surface area contributed by atoms with Crippen molar-refractivity contribution >= 4 is 22.5 Å². The predicted octanol–water partition coefficient (Wildman–Crippen LogP) is 11.0. The molecule has 1 heterocycles. The van der Waals surface area contributed by atoms with Crippen molar-refractivity contribution in [2.75, 3.05) is 0 Å². The SMILES string of the molecule is c1ccc(C2(c3ccc(-c4cc5c6c(cccc6c4)Sc4ccccc4-5)cc3)c3ccccc3-c3ccccc32)cc1. The highest BCUT2D eigenvalue weighted by atomic mass is 32.2. The summed E-state index contributed by atoms with van der Waals surface area (Å²) < 4.78 is 0. The molecule has 0 unspecified atom stereocenters. The third-order valence-corrected chi connectivity index (χ3v) is 10.3. The minimum Gasteiger partial charge on any atom is -0.0888 e. The van der Waals surface area contributed by atoms with Crippen LogP contribution in [-0.4, -0.2) is 0 Å². The van der Waals surface area contributed by atoms with Crippen LogP contribution in [0.5, 0.6) is 0 Å². The van der Waals surface area contributed by atoms with Gasteiger partial charge < -0.3 is 0 Å². The molecule has 0 saturated heterocycles. The standard InChI is InChI=1S/C41H26S/c1-2-12-30(13-3-1)41(36-17-7-4-14-32(36)33-15-5-8-18-37(33)41)31-23-21-27(22-24-31)29-25-28-11-10-20-39-40(28)35(26-29)34-16-6-9-19-38(34)42-39/h1-26H. The van der Waals surface area contributed by atoms with Crippen molar-refractivity contribution < 1.29 is 0 Å². The zero-order valence-electron chi connectivity index (χ0n) is 22.9. The van der Waals surface area contributed by atoms with Gasteiger partial charge in [0.2, 0.25) is 0 Å². The van der Waals surface area contributed by atoms with Gasteiger partial charge in [0, 0.05) is 15.2 Å². The number of hydrogen-bond acceptors (Lipinski definition) is 1. The summed E-state index contributed by atoms with van der Waals surface area (Å²) in [5.74, 6) is 0. The Hall–Kier alpha value is -4.85. The fourth-order valence-electron chi connectivity index (χ4n) is 7.38. The lowest BCUT2D eigenvalue weighted by molar-refractivity contribution is 0.768. The molecular weight excluding hydrogens is 525 g/mol. The molecule has 0 bridgehead atoms. The van der Waals surface area contributed by atoms with E-state index < -0.39 is 0 Å². The normalized spacial score (nSPS) is 13.8. The van der Waals surface area contributed by atoms with E-state index in [1.807, 2.05) is 11.8 Å². The van der Waals surface area contributed by atoms with Crippen molar-refractivity contribution in [3.05, 3.63) is 180 Å². The molecule has 1 aliphatic heterocycles. The van der Waals surface area contributed by atoms with Crippen LogP contribution >= 0.6 is 11.8 Å². The van der Waals surface area contributed by atoms with Gasteiger partial charge in [0.15, 0.2) is 0 Å². The largest absolute Gasteiger partial charge is 0.0888 e. The Morgan fingerprint density at radius 1 is 0.381 bits per heavy atom. The molecule has 0 N–H and O–H groups in total. The summed E-state index contributed by atoms with van der Waals surface area (Å²) in [6.07, 6.45) is 0.